The molecule has 0 amide bonds. The summed E-state index contributed by atoms with van der Waals surface area (Å²) < 4.78 is 0. The van der Waals surface area contributed by atoms with Crippen molar-refractivity contribution in [3.63, 3.8) is 0 Å². The Labute approximate surface area is 79.4 Å². The topological polar surface area (TPSA) is 20.2 Å². The van der Waals surface area contributed by atoms with Crippen LogP contribution < -0.4 is 0 Å². The van der Waals surface area contributed by atoms with Crippen LogP contribution in [0, 0.1) is 12.8 Å². The van der Waals surface area contributed by atoms with Crippen LogP contribution in [0.4, 0.5) is 0 Å². The number of rotatable bonds is 2. The molecule has 1 heteroatoms. The Morgan fingerprint density at radius 3 is 2.62 bits per heavy atom. The lowest BCUT2D eigenvalue weighted by molar-refractivity contribution is 0.0330. The second-order valence-electron chi connectivity index (χ2n) is 4.29. The van der Waals surface area contributed by atoms with Crippen molar-refractivity contribution in [3.8, 4) is 0 Å². The van der Waals surface area contributed by atoms with Crippen molar-refractivity contribution in [3.05, 3.63) is 35.4 Å². The van der Waals surface area contributed by atoms with Crippen LogP contribution in [-0.2, 0) is 5.60 Å². The molecule has 0 heterocycles. The number of hydrogen-bond acceptors (Lipinski definition) is 1. The van der Waals surface area contributed by atoms with E-state index in [1.54, 1.807) is 0 Å². The zero-order valence-electron chi connectivity index (χ0n) is 8.25. The Morgan fingerprint density at radius 1 is 1.38 bits per heavy atom. The monoisotopic (exact) mass is 176 g/mol. The summed E-state index contributed by atoms with van der Waals surface area (Å²) in [5, 5.41) is 10.2. The minimum atomic E-state index is -0.605. The molecule has 1 aliphatic rings. The Morgan fingerprint density at radius 2 is 2.08 bits per heavy atom. The van der Waals surface area contributed by atoms with Gasteiger partial charge >= 0.3 is 0 Å². The summed E-state index contributed by atoms with van der Waals surface area (Å²) in [5.74, 6) is 0.481. The zero-order valence-corrected chi connectivity index (χ0v) is 8.25. The molecule has 0 unspecified atom stereocenters. The Bertz CT molecular complexity index is 311. The molecule has 0 spiro atoms. The van der Waals surface area contributed by atoms with Crippen LogP contribution in [0.2, 0.25) is 0 Å². The van der Waals surface area contributed by atoms with E-state index in [4.69, 9.17) is 0 Å². The molecule has 0 saturated heterocycles. The van der Waals surface area contributed by atoms with Crippen LogP contribution in [0.15, 0.2) is 24.3 Å². The third kappa shape index (κ3) is 1.61. The van der Waals surface area contributed by atoms with E-state index in [0.29, 0.717) is 5.92 Å². The summed E-state index contributed by atoms with van der Waals surface area (Å²) in [6.45, 7) is 3.99. The van der Waals surface area contributed by atoms with E-state index in [2.05, 4.69) is 19.1 Å². The van der Waals surface area contributed by atoms with Crippen molar-refractivity contribution in [1.82, 2.24) is 0 Å². The highest BCUT2D eigenvalue weighted by atomic mass is 16.3. The number of aliphatic hydroxyl groups is 1. The van der Waals surface area contributed by atoms with Crippen molar-refractivity contribution >= 4 is 0 Å². The molecule has 1 saturated carbocycles. The fourth-order valence-electron chi connectivity index (χ4n) is 1.84. The first-order chi connectivity index (χ1) is 6.10. The van der Waals surface area contributed by atoms with E-state index in [9.17, 15) is 5.11 Å². The van der Waals surface area contributed by atoms with Crippen molar-refractivity contribution in [1.29, 1.82) is 0 Å². The van der Waals surface area contributed by atoms with Crippen LogP contribution in [0.5, 0.6) is 0 Å². The summed E-state index contributed by atoms with van der Waals surface area (Å²) in [5.41, 5.74) is 1.68. The molecule has 70 valence electrons. The van der Waals surface area contributed by atoms with Crippen LogP contribution in [0.3, 0.4) is 0 Å². The minimum Gasteiger partial charge on any atom is -0.385 e. The van der Waals surface area contributed by atoms with E-state index in [1.165, 1.54) is 18.4 Å². The molecule has 1 fully saturated rings. The van der Waals surface area contributed by atoms with Gasteiger partial charge in [0.25, 0.3) is 0 Å². The largest absolute Gasteiger partial charge is 0.385 e. The first-order valence-corrected chi connectivity index (χ1v) is 4.90. The average molecular weight is 176 g/mol. The molecular formula is C12H16O. The molecular weight excluding hydrogens is 160 g/mol. The second-order valence-corrected chi connectivity index (χ2v) is 4.29. The van der Waals surface area contributed by atoms with Gasteiger partial charge in [-0.25, -0.2) is 0 Å². The Hall–Kier alpha value is -0.820. The van der Waals surface area contributed by atoms with Gasteiger partial charge in [-0.2, -0.15) is 0 Å². The van der Waals surface area contributed by atoms with E-state index in [1.807, 2.05) is 19.1 Å². The van der Waals surface area contributed by atoms with E-state index < -0.39 is 5.60 Å². The lowest BCUT2D eigenvalue weighted by atomic mass is 9.90. The second kappa shape index (κ2) is 2.85. The highest BCUT2D eigenvalue weighted by molar-refractivity contribution is 5.28. The molecule has 1 nitrogen and oxygen atoms in total. The lowest BCUT2D eigenvalue weighted by Crippen LogP contribution is -2.23. The molecule has 1 atom stereocenters. The van der Waals surface area contributed by atoms with Gasteiger partial charge in [-0.1, -0.05) is 29.8 Å². The zero-order chi connectivity index (χ0) is 9.47. The molecule has 0 bridgehead atoms. The van der Waals surface area contributed by atoms with E-state index in [0.717, 1.165) is 5.56 Å². The third-order valence-electron chi connectivity index (χ3n) is 2.97. The highest BCUT2D eigenvalue weighted by Gasteiger charge is 2.40. The van der Waals surface area contributed by atoms with Gasteiger partial charge in [0, 0.05) is 0 Å². The predicted octanol–water partition coefficient (Wildman–Crippen LogP) is 2.61. The Balaban J connectivity index is 2.33. The minimum absolute atomic E-state index is 0.481. The van der Waals surface area contributed by atoms with Gasteiger partial charge in [-0.3, -0.25) is 0 Å². The number of benzene rings is 1. The van der Waals surface area contributed by atoms with Crippen molar-refractivity contribution < 1.29 is 5.11 Å². The molecule has 1 aromatic carbocycles. The lowest BCUT2D eigenvalue weighted by Gasteiger charge is -2.23. The maximum Gasteiger partial charge on any atom is 0.0896 e. The quantitative estimate of drug-likeness (QED) is 0.734. The summed E-state index contributed by atoms with van der Waals surface area (Å²) in [4.78, 5) is 0. The van der Waals surface area contributed by atoms with E-state index >= 15 is 0 Å². The standard InChI is InChI=1S/C12H16O/c1-9-4-3-5-11(8-9)12(2,13)10-6-7-10/h3-5,8,10,13H,6-7H2,1-2H3/t12-/m1/s1. The molecule has 1 aromatic rings. The summed E-state index contributed by atoms with van der Waals surface area (Å²) in [6, 6.07) is 8.18. The fourth-order valence-corrected chi connectivity index (χ4v) is 1.84. The maximum absolute atomic E-state index is 10.2. The molecule has 2 rings (SSSR count). The van der Waals surface area contributed by atoms with E-state index in [-0.39, 0.29) is 0 Å². The van der Waals surface area contributed by atoms with Gasteiger partial charge in [0.05, 0.1) is 5.60 Å². The molecule has 13 heavy (non-hydrogen) atoms. The first kappa shape index (κ1) is 8.76. The highest BCUT2D eigenvalue weighted by Crippen LogP contribution is 2.45. The van der Waals surface area contributed by atoms with Crippen molar-refractivity contribution in [2.24, 2.45) is 5.92 Å². The van der Waals surface area contributed by atoms with Gasteiger partial charge in [0.2, 0.25) is 0 Å². The molecule has 1 N–H and O–H groups in total. The molecule has 1 aliphatic carbocycles. The normalized spacial score (nSPS) is 21.2. The summed E-state index contributed by atoms with van der Waals surface area (Å²) in [6.07, 6.45) is 2.34. The molecule has 0 aliphatic heterocycles. The van der Waals surface area contributed by atoms with Crippen molar-refractivity contribution in [2.45, 2.75) is 32.3 Å². The molecule has 0 radical (unpaired) electrons. The maximum atomic E-state index is 10.2. The third-order valence-corrected chi connectivity index (χ3v) is 2.97. The van der Waals surface area contributed by atoms with Crippen LogP contribution in [0.25, 0.3) is 0 Å². The predicted molar refractivity (Wildman–Crippen MR) is 53.5 cm³/mol. The van der Waals surface area contributed by atoms with Crippen LogP contribution in [-0.4, -0.2) is 5.11 Å². The van der Waals surface area contributed by atoms with Crippen molar-refractivity contribution in [2.75, 3.05) is 0 Å². The Kier molecular flexibility index (Phi) is 1.92. The van der Waals surface area contributed by atoms with Gasteiger partial charge in [-0.05, 0) is 38.2 Å². The van der Waals surface area contributed by atoms with Crippen LogP contribution >= 0.6 is 0 Å². The summed E-state index contributed by atoms with van der Waals surface area (Å²) in [7, 11) is 0. The van der Waals surface area contributed by atoms with Crippen LogP contribution in [0.1, 0.15) is 30.9 Å². The van der Waals surface area contributed by atoms with Gasteiger partial charge < -0.3 is 5.11 Å². The van der Waals surface area contributed by atoms with Gasteiger partial charge in [0.15, 0.2) is 0 Å². The smallest absolute Gasteiger partial charge is 0.0896 e. The SMILES string of the molecule is Cc1cccc([C@](C)(O)C2CC2)c1. The average Bonchev–Trinajstić information content (AvgIpc) is 2.86. The number of hydrogen-bond donors (Lipinski definition) is 1. The number of aryl methyl sites for hydroxylation is 1. The van der Waals surface area contributed by atoms with Gasteiger partial charge in [-0.15, -0.1) is 0 Å². The van der Waals surface area contributed by atoms with Gasteiger partial charge in [0.1, 0.15) is 0 Å². The summed E-state index contributed by atoms with van der Waals surface area (Å²) >= 11 is 0. The first-order valence-electron chi connectivity index (χ1n) is 4.90. The fraction of sp³-hybridized carbons (Fsp3) is 0.500. The molecule has 0 aromatic heterocycles.